The van der Waals surface area contributed by atoms with Crippen LogP contribution >= 0.6 is 11.8 Å². The van der Waals surface area contributed by atoms with Gasteiger partial charge in [0.05, 0.1) is 6.20 Å². The summed E-state index contributed by atoms with van der Waals surface area (Å²) in [5, 5.41) is 0.609. The molecule has 0 saturated heterocycles. The zero-order chi connectivity index (χ0) is 9.10. The third-order valence-electron chi connectivity index (χ3n) is 1.53. The molecule has 0 unspecified atom stereocenters. The van der Waals surface area contributed by atoms with E-state index in [9.17, 15) is 0 Å². The molecule has 0 spiro atoms. The zero-order valence-electron chi connectivity index (χ0n) is 6.81. The van der Waals surface area contributed by atoms with Crippen LogP contribution in [0.15, 0.2) is 51.3 Å². The predicted octanol–water partition coefficient (Wildman–Crippen LogP) is 2.41. The van der Waals surface area contributed by atoms with Crippen LogP contribution in [-0.4, -0.2) is 4.98 Å². The van der Waals surface area contributed by atoms with Crippen LogP contribution in [-0.2, 0) is 0 Å². The number of nitrogen functional groups attached to an aromatic ring is 1. The number of nitrogens with zero attached hydrogens (tertiary/aromatic N) is 1. The second kappa shape index (κ2) is 3.53. The van der Waals surface area contributed by atoms with Crippen molar-refractivity contribution in [3.63, 3.8) is 0 Å². The number of hydrogen-bond acceptors (Lipinski definition) is 4. The quantitative estimate of drug-likeness (QED) is 0.742. The molecule has 1 aromatic carbocycles. The van der Waals surface area contributed by atoms with E-state index in [0.717, 1.165) is 10.6 Å². The van der Waals surface area contributed by atoms with Gasteiger partial charge in [-0.2, -0.15) is 0 Å². The highest BCUT2D eigenvalue weighted by atomic mass is 32.2. The van der Waals surface area contributed by atoms with Crippen LogP contribution in [0.5, 0.6) is 0 Å². The van der Waals surface area contributed by atoms with Crippen molar-refractivity contribution >= 4 is 17.4 Å². The van der Waals surface area contributed by atoms with Gasteiger partial charge in [-0.3, -0.25) is 0 Å². The Balaban J connectivity index is 2.24. The van der Waals surface area contributed by atoms with Crippen LogP contribution in [0, 0.1) is 0 Å². The summed E-state index contributed by atoms with van der Waals surface area (Å²) in [4.78, 5) is 4.96. The number of aromatic nitrogens is 1. The Bertz CT molecular complexity index is 386. The fraction of sp³-hybridized carbons (Fsp3) is 0. The molecule has 2 N–H and O–H groups in total. The summed E-state index contributed by atoms with van der Waals surface area (Å²) >= 11 is 1.42. The molecule has 0 atom stereocenters. The standard InChI is InChI=1S/C9H8N2OS/c10-7-3-1-2-4-8(7)13-9-11-5-6-12-9/h1-6H,10H2. The Hall–Kier alpha value is -1.42. The molecule has 13 heavy (non-hydrogen) atoms. The summed E-state index contributed by atoms with van der Waals surface area (Å²) < 4.78 is 5.09. The highest BCUT2D eigenvalue weighted by Gasteiger charge is 2.03. The lowest BCUT2D eigenvalue weighted by atomic mass is 10.3. The van der Waals surface area contributed by atoms with Gasteiger partial charge >= 0.3 is 0 Å². The number of para-hydroxylation sites is 1. The molecule has 0 aliphatic heterocycles. The second-order valence-electron chi connectivity index (χ2n) is 2.44. The van der Waals surface area contributed by atoms with Gasteiger partial charge in [0.1, 0.15) is 6.26 Å². The van der Waals surface area contributed by atoms with Crippen molar-refractivity contribution in [2.24, 2.45) is 0 Å². The van der Waals surface area contributed by atoms with Crippen molar-refractivity contribution in [3.05, 3.63) is 36.7 Å². The van der Waals surface area contributed by atoms with Gasteiger partial charge in [-0.05, 0) is 23.9 Å². The van der Waals surface area contributed by atoms with E-state index in [1.54, 1.807) is 12.5 Å². The van der Waals surface area contributed by atoms with Crippen LogP contribution in [0.2, 0.25) is 0 Å². The first-order chi connectivity index (χ1) is 6.36. The van der Waals surface area contributed by atoms with Gasteiger partial charge in [0.25, 0.3) is 5.22 Å². The lowest BCUT2D eigenvalue weighted by Gasteiger charge is -1.99. The molecule has 0 aliphatic carbocycles. The molecule has 0 saturated carbocycles. The van der Waals surface area contributed by atoms with E-state index in [0.29, 0.717) is 5.22 Å². The van der Waals surface area contributed by atoms with Crippen molar-refractivity contribution in [1.82, 2.24) is 4.98 Å². The van der Waals surface area contributed by atoms with Crippen molar-refractivity contribution in [1.29, 1.82) is 0 Å². The van der Waals surface area contributed by atoms with Gasteiger partial charge in [0, 0.05) is 10.6 Å². The van der Waals surface area contributed by atoms with Gasteiger partial charge in [0.2, 0.25) is 0 Å². The van der Waals surface area contributed by atoms with Gasteiger partial charge < -0.3 is 10.2 Å². The Labute approximate surface area is 80.0 Å². The number of benzene rings is 1. The number of rotatable bonds is 2. The third-order valence-corrected chi connectivity index (χ3v) is 2.49. The van der Waals surface area contributed by atoms with Crippen molar-refractivity contribution in [2.75, 3.05) is 5.73 Å². The molecule has 1 heterocycles. The van der Waals surface area contributed by atoms with Crippen LogP contribution in [0.4, 0.5) is 5.69 Å². The number of anilines is 1. The molecule has 2 rings (SSSR count). The summed E-state index contributed by atoms with van der Waals surface area (Å²) in [6.07, 6.45) is 3.16. The first kappa shape index (κ1) is 8.19. The van der Waals surface area contributed by atoms with Gasteiger partial charge in [-0.15, -0.1) is 0 Å². The third kappa shape index (κ3) is 1.84. The molecule has 4 heteroatoms. The highest BCUT2D eigenvalue weighted by molar-refractivity contribution is 7.99. The summed E-state index contributed by atoms with van der Waals surface area (Å²) in [5.74, 6) is 0. The molecular formula is C9H8N2OS. The second-order valence-corrected chi connectivity index (χ2v) is 3.43. The Morgan fingerprint density at radius 3 is 2.85 bits per heavy atom. The molecule has 1 aromatic heterocycles. The summed E-state index contributed by atoms with van der Waals surface area (Å²) in [6.45, 7) is 0. The SMILES string of the molecule is Nc1ccccc1Sc1ncco1. The molecule has 0 radical (unpaired) electrons. The molecule has 2 aromatic rings. The van der Waals surface area contributed by atoms with E-state index in [1.165, 1.54) is 11.8 Å². The number of hydrogen-bond donors (Lipinski definition) is 1. The average Bonchev–Trinajstić information content (AvgIpc) is 2.61. The van der Waals surface area contributed by atoms with E-state index < -0.39 is 0 Å². The first-order valence-electron chi connectivity index (χ1n) is 3.78. The molecule has 0 fully saturated rings. The summed E-state index contributed by atoms with van der Waals surface area (Å²) in [5.41, 5.74) is 6.49. The van der Waals surface area contributed by atoms with Crippen LogP contribution < -0.4 is 5.73 Å². The Morgan fingerprint density at radius 1 is 1.31 bits per heavy atom. The Morgan fingerprint density at radius 2 is 2.15 bits per heavy atom. The smallest absolute Gasteiger partial charge is 0.260 e. The average molecular weight is 192 g/mol. The predicted molar refractivity (Wildman–Crippen MR) is 51.5 cm³/mol. The molecular weight excluding hydrogens is 184 g/mol. The van der Waals surface area contributed by atoms with Gasteiger partial charge in [-0.1, -0.05) is 12.1 Å². The summed E-state index contributed by atoms with van der Waals surface area (Å²) in [6, 6.07) is 7.62. The van der Waals surface area contributed by atoms with Crippen LogP contribution in [0.3, 0.4) is 0 Å². The van der Waals surface area contributed by atoms with Crippen molar-refractivity contribution < 1.29 is 4.42 Å². The highest BCUT2D eigenvalue weighted by Crippen LogP contribution is 2.30. The number of nitrogens with two attached hydrogens (primary N) is 1. The monoisotopic (exact) mass is 192 g/mol. The lowest BCUT2D eigenvalue weighted by Crippen LogP contribution is -1.86. The van der Waals surface area contributed by atoms with E-state index in [2.05, 4.69) is 4.98 Å². The lowest BCUT2D eigenvalue weighted by molar-refractivity contribution is 0.454. The van der Waals surface area contributed by atoms with Gasteiger partial charge in [-0.25, -0.2) is 4.98 Å². The maximum atomic E-state index is 5.75. The topological polar surface area (TPSA) is 52.0 Å². The fourth-order valence-electron chi connectivity index (χ4n) is 0.928. The van der Waals surface area contributed by atoms with Crippen LogP contribution in [0.1, 0.15) is 0 Å². The van der Waals surface area contributed by atoms with Gasteiger partial charge in [0.15, 0.2) is 0 Å². The minimum Gasteiger partial charge on any atom is -0.440 e. The normalized spacial score (nSPS) is 10.2. The number of oxazole rings is 1. The largest absolute Gasteiger partial charge is 0.440 e. The van der Waals surface area contributed by atoms with E-state index in [4.69, 9.17) is 10.2 Å². The maximum absolute atomic E-state index is 5.75. The van der Waals surface area contributed by atoms with E-state index >= 15 is 0 Å². The fourth-order valence-corrected chi connectivity index (χ4v) is 1.67. The maximum Gasteiger partial charge on any atom is 0.260 e. The minimum atomic E-state index is 0.609. The Kier molecular flexibility index (Phi) is 2.23. The molecule has 0 bridgehead atoms. The molecule has 3 nitrogen and oxygen atoms in total. The summed E-state index contributed by atoms with van der Waals surface area (Å²) in [7, 11) is 0. The molecule has 0 aliphatic rings. The first-order valence-corrected chi connectivity index (χ1v) is 4.60. The van der Waals surface area contributed by atoms with Crippen molar-refractivity contribution in [3.8, 4) is 0 Å². The van der Waals surface area contributed by atoms with Crippen molar-refractivity contribution in [2.45, 2.75) is 10.1 Å². The minimum absolute atomic E-state index is 0.609. The molecule has 0 amide bonds. The van der Waals surface area contributed by atoms with E-state index in [1.807, 2.05) is 24.3 Å². The van der Waals surface area contributed by atoms with E-state index in [-0.39, 0.29) is 0 Å². The van der Waals surface area contributed by atoms with Crippen LogP contribution in [0.25, 0.3) is 0 Å². The zero-order valence-corrected chi connectivity index (χ0v) is 7.62. The molecule has 66 valence electrons.